The third-order valence-corrected chi connectivity index (χ3v) is 4.44. The molecule has 1 fully saturated rings. The lowest BCUT2D eigenvalue weighted by atomic mass is 10.1. The largest absolute Gasteiger partial charge is 0.372 e. The monoisotopic (exact) mass is 319 g/mol. The van der Waals surface area contributed by atoms with E-state index >= 15 is 0 Å². The Labute approximate surface area is 132 Å². The molecule has 6 nitrogen and oxygen atoms in total. The molecule has 3 rings (SSSR count). The second-order valence-electron chi connectivity index (χ2n) is 5.49. The number of nitro groups is 1. The van der Waals surface area contributed by atoms with E-state index in [4.69, 9.17) is 4.74 Å². The minimum atomic E-state index is -0.387. The zero-order chi connectivity index (χ0) is 15.7. The van der Waals surface area contributed by atoms with Gasteiger partial charge in [-0.15, -0.1) is 11.3 Å². The molecule has 1 saturated heterocycles. The molecule has 0 amide bonds. The van der Waals surface area contributed by atoms with Gasteiger partial charge >= 0.3 is 0 Å². The Bertz CT molecular complexity index is 678. The fourth-order valence-electron chi connectivity index (χ4n) is 2.65. The van der Waals surface area contributed by atoms with Crippen LogP contribution < -0.4 is 4.90 Å². The number of nitro benzene ring substituents is 1. The van der Waals surface area contributed by atoms with E-state index in [2.05, 4.69) is 23.7 Å². The number of benzene rings is 1. The highest BCUT2D eigenvalue weighted by molar-refractivity contribution is 7.14. The average molecular weight is 319 g/mol. The Morgan fingerprint density at radius 1 is 1.36 bits per heavy atom. The maximum Gasteiger partial charge on any atom is 0.270 e. The van der Waals surface area contributed by atoms with Gasteiger partial charge in [0, 0.05) is 36.2 Å². The van der Waals surface area contributed by atoms with Gasteiger partial charge in [-0.1, -0.05) is 12.1 Å². The summed E-state index contributed by atoms with van der Waals surface area (Å²) in [6, 6.07) is 6.58. The highest BCUT2D eigenvalue weighted by Crippen LogP contribution is 2.30. The van der Waals surface area contributed by atoms with Gasteiger partial charge in [0.05, 0.1) is 22.8 Å². The molecule has 2 heterocycles. The Kier molecular flexibility index (Phi) is 4.08. The number of ether oxygens (including phenoxy) is 1. The van der Waals surface area contributed by atoms with Crippen molar-refractivity contribution in [3.63, 3.8) is 0 Å². The Balaban J connectivity index is 1.84. The van der Waals surface area contributed by atoms with Crippen molar-refractivity contribution in [3.8, 4) is 11.3 Å². The van der Waals surface area contributed by atoms with E-state index in [0.29, 0.717) is 0 Å². The number of thiazole rings is 1. The van der Waals surface area contributed by atoms with Crippen molar-refractivity contribution in [2.24, 2.45) is 0 Å². The topological polar surface area (TPSA) is 68.5 Å². The first kappa shape index (κ1) is 14.9. The summed E-state index contributed by atoms with van der Waals surface area (Å²) in [6.45, 7) is 5.73. The first-order valence-electron chi connectivity index (χ1n) is 7.13. The smallest absolute Gasteiger partial charge is 0.270 e. The van der Waals surface area contributed by atoms with Crippen molar-refractivity contribution in [1.29, 1.82) is 0 Å². The molecule has 7 heteroatoms. The molecule has 0 spiro atoms. The molecule has 0 aliphatic carbocycles. The summed E-state index contributed by atoms with van der Waals surface area (Å²) in [5.74, 6) is 0. The molecule has 0 radical (unpaired) electrons. The van der Waals surface area contributed by atoms with E-state index in [9.17, 15) is 10.1 Å². The average Bonchev–Trinajstić information content (AvgIpc) is 2.96. The van der Waals surface area contributed by atoms with Crippen LogP contribution in [0, 0.1) is 10.1 Å². The first-order chi connectivity index (χ1) is 10.5. The number of anilines is 1. The van der Waals surface area contributed by atoms with Gasteiger partial charge in [-0.05, 0) is 13.8 Å². The molecule has 1 aromatic carbocycles. The van der Waals surface area contributed by atoms with Crippen LogP contribution in [0.2, 0.25) is 0 Å². The van der Waals surface area contributed by atoms with Crippen LogP contribution in [-0.4, -0.2) is 35.2 Å². The first-order valence-corrected chi connectivity index (χ1v) is 8.01. The zero-order valence-electron chi connectivity index (χ0n) is 12.4. The van der Waals surface area contributed by atoms with Gasteiger partial charge in [0.15, 0.2) is 5.13 Å². The minimum Gasteiger partial charge on any atom is -0.372 e. The summed E-state index contributed by atoms with van der Waals surface area (Å²) < 4.78 is 5.73. The molecule has 0 unspecified atom stereocenters. The van der Waals surface area contributed by atoms with Gasteiger partial charge in [0.2, 0.25) is 0 Å². The van der Waals surface area contributed by atoms with Gasteiger partial charge < -0.3 is 9.64 Å². The second kappa shape index (κ2) is 6.02. The SMILES string of the molecule is C[C@@H]1CN(c2nc(-c3cccc([N+](=O)[O-])c3)cs2)C[C@H](C)O1. The molecule has 0 N–H and O–H groups in total. The molecule has 2 aromatic rings. The summed E-state index contributed by atoms with van der Waals surface area (Å²) in [5.41, 5.74) is 1.63. The fourth-order valence-corrected chi connectivity index (χ4v) is 3.51. The van der Waals surface area contributed by atoms with Crippen LogP contribution in [0.5, 0.6) is 0 Å². The number of nitrogens with zero attached hydrogens (tertiary/aromatic N) is 3. The minimum absolute atomic E-state index is 0.0840. The summed E-state index contributed by atoms with van der Waals surface area (Å²) >= 11 is 1.56. The Morgan fingerprint density at radius 2 is 2.09 bits per heavy atom. The second-order valence-corrected chi connectivity index (χ2v) is 6.32. The van der Waals surface area contributed by atoms with Crippen LogP contribution in [-0.2, 0) is 4.74 Å². The molecular weight excluding hydrogens is 302 g/mol. The van der Waals surface area contributed by atoms with Gasteiger partial charge in [-0.25, -0.2) is 4.98 Å². The molecule has 0 bridgehead atoms. The predicted molar refractivity (Wildman–Crippen MR) is 86.4 cm³/mol. The van der Waals surface area contributed by atoms with Crippen LogP contribution in [0.4, 0.5) is 10.8 Å². The van der Waals surface area contributed by atoms with Crippen LogP contribution >= 0.6 is 11.3 Å². The predicted octanol–water partition coefficient (Wildman–Crippen LogP) is 3.33. The third-order valence-electron chi connectivity index (χ3n) is 3.53. The van der Waals surface area contributed by atoms with Crippen molar-refractivity contribution in [3.05, 3.63) is 39.8 Å². The van der Waals surface area contributed by atoms with E-state index in [1.54, 1.807) is 23.5 Å². The number of hydrogen-bond donors (Lipinski definition) is 0. The molecular formula is C15H17N3O3S. The standard InChI is InChI=1S/C15H17N3O3S/c1-10-7-17(8-11(2)21-10)15-16-14(9-22-15)12-4-3-5-13(6-12)18(19)20/h3-6,9-11H,7-8H2,1-2H3/t10-,11+. The van der Waals surface area contributed by atoms with Gasteiger partial charge in [-0.2, -0.15) is 0 Å². The van der Waals surface area contributed by atoms with Gasteiger partial charge in [0.25, 0.3) is 5.69 Å². The zero-order valence-corrected chi connectivity index (χ0v) is 13.2. The number of non-ortho nitro benzene ring substituents is 1. The van der Waals surface area contributed by atoms with Crippen molar-refractivity contribution in [2.75, 3.05) is 18.0 Å². The fraction of sp³-hybridized carbons (Fsp3) is 0.400. The molecule has 22 heavy (non-hydrogen) atoms. The van der Waals surface area contributed by atoms with Crippen LogP contribution in [0.1, 0.15) is 13.8 Å². The highest BCUT2D eigenvalue weighted by atomic mass is 32.1. The normalized spacial score (nSPS) is 21.8. The van der Waals surface area contributed by atoms with E-state index in [-0.39, 0.29) is 22.8 Å². The van der Waals surface area contributed by atoms with E-state index < -0.39 is 0 Å². The molecule has 1 aromatic heterocycles. The van der Waals surface area contributed by atoms with Gasteiger partial charge in [0.1, 0.15) is 0 Å². The summed E-state index contributed by atoms with van der Waals surface area (Å²) in [4.78, 5) is 17.3. The molecule has 1 aliphatic heterocycles. The lowest BCUT2D eigenvalue weighted by Crippen LogP contribution is -2.45. The van der Waals surface area contributed by atoms with E-state index in [1.165, 1.54) is 6.07 Å². The van der Waals surface area contributed by atoms with Crippen molar-refractivity contribution < 1.29 is 9.66 Å². The number of aromatic nitrogens is 1. The van der Waals surface area contributed by atoms with Crippen molar-refractivity contribution in [2.45, 2.75) is 26.1 Å². The number of rotatable bonds is 3. The highest BCUT2D eigenvalue weighted by Gasteiger charge is 2.24. The molecule has 2 atom stereocenters. The molecule has 0 saturated carbocycles. The van der Waals surface area contributed by atoms with Crippen LogP contribution in [0.25, 0.3) is 11.3 Å². The molecule has 116 valence electrons. The maximum atomic E-state index is 10.9. The lowest BCUT2D eigenvalue weighted by molar-refractivity contribution is -0.384. The maximum absolute atomic E-state index is 10.9. The van der Waals surface area contributed by atoms with Crippen LogP contribution in [0.3, 0.4) is 0 Å². The number of hydrogen-bond acceptors (Lipinski definition) is 6. The van der Waals surface area contributed by atoms with Crippen LogP contribution in [0.15, 0.2) is 29.6 Å². The summed E-state index contributed by atoms with van der Waals surface area (Å²) in [6.07, 6.45) is 0.350. The lowest BCUT2D eigenvalue weighted by Gasteiger charge is -2.35. The summed E-state index contributed by atoms with van der Waals surface area (Å²) in [7, 11) is 0. The number of morpholine rings is 1. The molecule has 1 aliphatic rings. The van der Waals surface area contributed by atoms with E-state index in [0.717, 1.165) is 29.5 Å². The Morgan fingerprint density at radius 3 is 2.77 bits per heavy atom. The van der Waals surface area contributed by atoms with Gasteiger partial charge in [-0.3, -0.25) is 10.1 Å². The third kappa shape index (κ3) is 3.10. The van der Waals surface area contributed by atoms with E-state index in [1.807, 2.05) is 11.4 Å². The quantitative estimate of drug-likeness (QED) is 0.641. The summed E-state index contributed by atoms with van der Waals surface area (Å²) in [5, 5.41) is 13.8. The van der Waals surface area contributed by atoms with Crippen molar-refractivity contribution in [1.82, 2.24) is 4.98 Å². The Hall–Kier alpha value is -1.99. The van der Waals surface area contributed by atoms with Crippen molar-refractivity contribution >= 4 is 22.2 Å².